The van der Waals surface area contributed by atoms with Crippen molar-refractivity contribution in [2.75, 3.05) is 40.5 Å². The van der Waals surface area contributed by atoms with E-state index in [2.05, 4.69) is 9.47 Å². The minimum Gasteiger partial charge on any atom is -0.383 e. The third-order valence-corrected chi connectivity index (χ3v) is 3.52. The molecule has 0 saturated heterocycles. The second-order valence-corrected chi connectivity index (χ2v) is 4.93. The molecule has 5 nitrogen and oxygen atoms in total. The number of rotatable bonds is 9. The molecule has 0 fully saturated rings. The molecule has 0 aliphatic heterocycles. The maximum Gasteiger partial charge on any atom is 0.152 e. The van der Waals surface area contributed by atoms with E-state index < -0.39 is 0 Å². The zero-order valence-corrected chi connectivity index (χ0v) is 12.6. The van der Waals surface area contributed by atoms with Gasteiger partial charge in [-0.1, -0.05) is 18.2 Å². The fourth-order valence-corrected chi connectivity index (χ4v) is 2.40. The fraction of sp³-hybridized carbons (Fsp3) is 0.438. The highest BCUT2D eigenvalue weighted by Gasteiger charge is 2.11. The second kappa shape index (κ2) is 7.93. The van der Waals surface area contributed by atoms with E-state index >= 15 is 0 Å². The number of methoxy groups -OCH3 is 2. The minimum absolute atomic E-state index is 0.670. The molecule has 0 N–H and O–H groups in total. The zero-order valence-electron chi connectivity index (χ0n) is 12.6. The zero-order chi connectivity index (χ0) is 15.1. The Bertz CT molecular complexity index is 572. The van der Waals surface area contributed by atoms with E-state index in [0.717, 1.165) is 35.8 Å². The lowest BCUT2D eigenvalue weighted by molar-refractivity contribution is 0.0969. The van der Waals surface area contributed by atoms with Crippen LogP contribution >= 0.6 is 0 Å². The molecule has 0 aliphatic carbocycles. The van der Waals surface area contributed by atoms with Gasteiger partial charge in [-0.3, -0.25) is 9.69 Å². The summed E-state index contributed by atoms with van der Waals surface area (Å²) in [6.45, 7) is 3.69. The third-order valence-electron chi connectivity index (χ3n) is 3.52. The van der Waals surface area contributed by atoms with Gasteiger partial charge in [-0.25, -0.2) is 0 Å². The average Bonchev–Trinajstić information content (AvgIpc) is 2.88. The Morgan fingerprint density at radius 2 is 1.81 bits per heavy atom. The van der Waals surface area contributed by atoms with Gasteiger partial charge in [0.25, 0.3) is 0 Å². The summed E-state index contributed by atoms with van der Waals surface area (Å²) in [5.41, 5.74) is 1.79. The number of benzene rings is 1. The molecule has 0 saturated carbocycles. The molecule has 0 unspecified atom stereocenters. The molecule has 5 heteroatoms. The Balaban J connectivity index is 2.20. The standard InChI is InChI=1S/C16H22N2O3/c1-20-9-7-17(8-10-21-2)13-18-11-14(12-19)15-5-3-4-6-16(15)18/h3-6,11-12H,7-10,13H2,1-2H3. The van der Waals surface area contributed by atoms with Crippen LogP contribution in [0.4, 0.5) is 0 Å². The van der Waals surface area contributed by atoms with Crippen LogP contribution in [0.1, 0.15) is 10.4 Å². The van der Waals surface area contributed by atoms with E-state index in [9.17, 15) is 4.79 Å². The predicted molar refractivity (Wildman–Crippen MR) is 82.7 cm³/mol. The number of carbonyl (C=O) groups excluding carboxylic acids is 1. The molecule has 0 spiro atoms. The van der Waals surface area contributed by atoms with E-state index in [1.54, 1.807) is 14.2 Å². The van der Waals surface area contributed by atoms with Crippen molar-refractivity contribution in [3.8, 4) is 0 Å². The number of ether oxygens (including phenoxy) is 2. The summed E-state index contributed by atoms with van der Waals surface area (Å²) in [6, 6.07) is 7.95. The number of aromatic nitrogens is 1. The van der Waals surface area contributed by atoms with Gasteiger partial charge in [-0.2, -0.15) is 0 Å². The third kappa shape index (κ3) is 3.91. The average molecular weight is 290 g/mol. The number of nitrogens with zero attached hydrogens (tertiary/aromatic N) is 2. The van der Waals surface area contributed by atoms with Crippen molar-refractivity contribution in [1.29, 1.82) is 0 Å². The molecule has 2 aromatic rings. The summed E-state index contributed by atoms with van der Waals surface area (Å²) in [5.74, 6) is 0. The maximum absolute atomic E-state index is 11.2. The smallest absolute Gasteiger partial charge is 0.152 e. The van der Waals surface area contributed by atoms with Gasteiger partial charge in [-0.15, -0.1) is 0 Å². The number of fused-ring (bicyclic) bond motifs is 1. The van der Waals surface area contributed by atoms with Crippen LogP contribution in [-0.2, 0) is 16.1 Å². The van der Waals surface area contributed by atoms with Crippen molar-refractivity contribution < 1.29 is 14.3 Å². The molecule has 0 amide bonds. The molecule has 0 atom stereocenters. The van der Waals surface area contributed by atoms with E-state index in [0.29, 0.717) is 19.9 Å². The summed E-state index contributed by atoms with van der Waals surface area (Å²) in [7, 11) is 3.40. The first-order valence-electron chi connectivity index (χ1n) is 7.03. The van der Waals surface area contributed by atoms with Crippen molar-refractivity contribution in [3.05, 3.63) is 36.0 Å². The van der Waals surface area contributed by atoms with Crippen molar-refractivity contribution in [3.63, 3.8) is 0 Å². The Kier molecular flexibility index (Phi) is 5.92. The number of para-hydroxylation sites is 1. The first kappa shape index (κ1) is 15.7. The fourth-order valence-electron chi connectivity index (χ4n) is 2.40. The molecule has 1 aromatic heterocycles. The van der Waals surface area contributed by atoms with Gasteiger partial charge in [0.2, 0.25) is 0 Å². The molecular weight excluding hydrogens is 268 g/mol. The summed E-state index contributed by atoms with van der Waals surface area (Å²) in [4.78, 5) is 13.4. The number of hydrogen-bond donors (Lipinski definition) is 0. The van der Waals surface area contributed by atoms with Gasteiger partial charge in [0.15, 0.2) is 6.29 Å². The van der Waals surface area contributed by atoms with Crippen LogP contribution in [0, 0.1) is 0 Å². The number of hydrogen-bond acceptors (Lipinski definition) is 4. The Morgan fingerprint density at radius 3 is 2.43 bits per heavy atom. The van der Waals surface area contributed by atoms with Crippen LogP contribution in [0.2, 0.25) is 0 Å². The van der Waals surface area contributed by atoms with Gasteiger partial charge in [-0.05, 0) is 6.07 Å². The van der Waals surface area contributed by atoms with E-state index in [-0.39, 0.29) is 0 Å². The molecule has 1 aromatic carbocycles. The lowest BCUT2D eigenvalue weighted by Crippen LogP contribution is -2.32. The van der Waals surface area contributed by atoms with Crippen LogP contribution in [0.5, 0.6) is 0 Å². The maximum atomic E-state index is 11.2. The quantitative estimate of drug-likeness (QED) is 0.663. The summed E-state index contributed by atoms with van der Waals surface area (Å²) in [6.07, 6.45) is 2.82. The molecule has 0 aliphatic rings. The largest absolute Gasteiger partial charge is 0.383 e. The highest BCUT2D eigenvalue weighted by molar-refractivity contribution is 5.97. The van der Waals surface area contributed by atoms with Gasteiger partial charge < -0.3 is 14.0 Å². The first-order chi connectivity index (χ1) is 10.3. The van der Waals surface area contributed by atoms with Gasteiger partial charge in [0.1, 0.15) is 0 Å². The number of aldehydes is 1. The topological polar surface area (TPSA) is 43.7 Å². The molecule has 2 rings (SSSR count). The van der Waals surface area contributed by atoms with Crippen LogP contribution in [0.3, 0.4) is 0 Å². The molecule has 1 heterocycles. The van der Waals surface area contributed by atoms with Crippen molar-refractivity contribution in [2.45, 2.75) is 6.67 Å². The van der Waals surface area contributed by atoms with Crippen LogP contribution in [0.25, 0.3) is 10.9 Å². The minimum atomic E-state index is 0.670. The van der Waals surface area contributed by atoms with Gasteiger partial charge in [0, 0.05) is 50.0 Å². The van der Waals surface area contributed by atoms with Crippen LogP contribution in [-0.4, -0.2) is 56.3 Å². The van der Waals surface area contributed by atoms with Crippen LogP contribution in [0.15, 0.2) is 30.5 Å². The molecule has 0 radical (unpaired) electrons. The van der Waals surface area contributed by atoms with Crippen molar-refractivity contribution in [2.24, 2.45) is 0 Å². The Labute approximate surface area is 125 Å². The highest BCUT2D eigenvalue weighted by Crippen LogP contribution is 2.20. The molecule has 21 heavy (non-hydrogen) atoms. The molecular formula is C16H22N2O3. The summed E-state index contributed by atoms with van der Waals surface area (Å²) < 4.78 is 12.4. The van der Waals surface area contributed by atoms with E-state index in [1.807, 2.05) is 30.5 Å². The lowest BCUT2D eigenvalue weighted by atomic mass is 10.2. The van der Waals surface area contributed by atoms with E-state index in [1.165, 1.54) is 0 Å². The Hall–Kier alpha value is -1.69. The van der Waals surface area contributed by atoms with Gasteiger partial charge >= 0.3 is 0 Å². The monoisotopic (exact) mass is 290 g/mol. The highest BCUT2D eigenvalue weighted by atomic mass is 16.5. The van der Waals surface area contributed by atoms with Crippen molar-refractivity contribution in [1.82, 2.24) is 9.47 Å². The molecule has 0 bridgehead atoms. The predicted octanol–water partition coefficient (Wildman–Crippen LogP) is 2.01. The number of carbonyl (C=O) groups is 1. The first-order valence-corrected chi connectivity index (χ1v) is 7.03. The normalized spacial score (nSPS) is 11.4. The van der Waals surface area contributed by atoms with E-state index in [4.69, 9.17) is 9.47 Å². The lowest BCUT2D eigenvalue weighted by Gasteiger charge is -2.22. The Morgan fingerprint density at radius 1 is 1.14 bits per heavy atom. The summed E-state index contributed by atoms with van der Waals surface area (Å²) in [5, 5.41) is 0.992. The SMILES string of the molecule is COCCN(CCOC)Cn1cc(C=O)c2ccccc21. The van der Waals surface area contributed by atoms with Crippen molar-refractivity contribution >= 4 is 17.2 Å². The van der Waals surface area contributed by atoms with Crippen LogP contribution < -0.4 is 0 Å². The van der Waals surface area contributed by atoms with Gasteiger partial charge in [0.05, 0.1) is 19.9 Å². The second-order valence-electron chi connectivity index (χ2n) is 4.93. The molecule has 114 valence electrons. The summed E-state index contributed by atoms with van der Waals surface area (Å²) >= 11 is 0.